The third-order valence-electron chi connectivity index (χ3n) is 2.42. The Morgan fingerprint density at radius 3 is 2.80 bits per heavy atom. The van der Waals surface area contributed by atoms with Gasteiger partial charge < -0.3 is 5.73 Å². The summed E-state index contributed by atoms with van der Waals surface area (Å²) in [5.41, 5.74) is 6.94. The Morgan fingerprint density at radius 1 is 1.45 bits per heavy atom. The quantitative estimate of drug-likeness (QED) is 0.648. The van der Waals surface area contributed by atoms with Crippen molar-refractivity contribution in [3.63, 3.8) is 0 Å². The minimum atomic E-state index is -3.59. The molecule has 0 amide bonds. The average Bonchev–Trinajstić information content (AvgIpc) is 2.75. The van der Waals surface area contributed by atoms with Crippen molar-refractivity contribution in [3.05, 3.63) is 40.9 Å². The average molecular weight is 311 g/mol. The summed E-state index contributed by atoms with van der Waals surface area (Å²) in [7, 11) is -3.59. The lowest BCUT2D eigenvalue weighted by molar-refractivity contribution is 0.101. The van der Waals surface area contributed by atoms with Crippen molar-refractivity contribution in [1.29, 1.82) is 0 Å². The van der Waals surface area contributed by atoms with E-state index in [0.29, 0.717) is 11.3 Å². The lowest BCUT2D eigenvalue weighted by Crippen LogP contribution is -2.15. The Balaban J connectivity index is 2.12. The summed E-state index contributed by atoms with van der Waals surface area (Å²) in [6.07, 6.45) is 0. The minimum Gasteiger partial charge on any atom is -0.399 e. The zero-order chi connectivity index (χ0) is 14.8. The van der Waals surface area contributed by atoms with Crippen LogP contribution in [0.4, 0.5) is 10.8 Å². The molecule has 0 atom stereocenters. The number of hydrogen-bond donors (Lipinski definition) is 2. The summed E-state index contributed by atoms with van der Waals surface area (Å²) in [6.45, 7) is 1.38. The number of anilines is 2. The highest BCUT2D eigenvalue weighted by molar-refractivity contribution is 7.92. The molecule has 3 N–H and O–H groups in total. The fourth-order valence-corrected chi connectivity index (χ4v) is 3.72. The monoisotopic (exact) mass is 311 g/mol. The van der Waals surface area contributed by atoms with Gasteiger partial charge in [-0.05, 0) is 17.7 Å². The molecule has 0 radical (unpaired) electrons. The van der Waals surface area contributed by atoms with Crippen molar-refractivity contribution in [1.82, 2.24) is 4.98 Å². The van der Waals surface area contributed by atoms with E-state index in [9.17, 15) is 13.2 Å². The standard InChI is InChI=1S/C12H13N3O3S2/c1-8(16)11-6-19-12(14-11)15-20(17,18)7-9-3-2-4-10(13)5-9/h2-6H,7,13H2,1H3,(H,14,15). The van der Waals surface area contributed by atoms with Gasteiger partial charge in [-0.3, -0.25) is 9.52 Å². The number of nitrogens with two attached hydrogens (primary N) is 1. The third-order valence-corrected chi connectivity index (χ3v) is 4.52. The number of nitrogens with zero attached hydrogens (tertiary/aromatic N) is 1. The molecule has 0 saturated carbocycles. The number of Topliss-reactive ketones (excluding diaryl/α,β-unsaturated/α-hetero) is 1. The van der Waals surface area contributed by atoms with Crippen LogP contribution in [0.1, 0.15) is 23.0 Å². The van der Waals surface area contributed by atoms with Gasteiger partial charge in [0, 0.05) is 18.0 Å². The van der Waals surface area contributed by atoms with Crippen molar-refractivity contribution in [3.8, 4) is 0 Å². The van der Waals surface area contributed by atoms with Crippen LogP contribution >= 0.6 is 11.3 Å². The van der Waals surface area contributed by atoms with Crippen LogP contribution in [-0.4, -0.2) is 19.2 Å². The van der Waals surface area contributed by atoms with Crippen LogP contribution in [0.5, 0.6) is 0 Å². The van der Waals surface area contributed by atoms with Crippen LogP contribution in [0.3, 0.4) is 0 Å². The predicted molar refractivity (Wildman–Crippen MR) is 79.2 cm³/mol. The Labute approximate surface area is 120 Å². The molecule has 0 aliphatic heterocycles. The normalized spacial score (nSPS) is 11.2. The van der Waals surface area contributed by atoms with Gasteiger partial charge >= 0.3 is 0 Å². The molecule has 0 aliphatic carbocycles. The molecule has 0 spiro atoms. The van der Waals surface area contributed by atoms with E-state index in [1.807, 2.05) is 0 Å². The van der Waals surface area contributed by atoms with E-state index in [1.165, 1.54) is 12.3 Å². The number of aromatic nitrogens is 1. The summed E-state index contributed by atoms with van der Waals surface area (Å²) < 4.78 is 26.3. The van der Waals surface area contributed by atoms with Gasteiger partial charge in [0.2, 0.25) is 10.0 Å². The van der Waals surface area contributed by atoms with Gasteiger partial charge in [0.1, 0.15) is 5.69 Å². The molecule has 106 valence electrons. The van der Waals surface area contributed by atoms with Gasteiger partial charge in [0.15, 0.2) is 10.9 Å². The lowest BCUT2D eigenvalue weighted by atomic mass is 10.2. The molecular formula is C12H13N3O3S2. The van der Waals surface area contributed by atoms with Crippen LogP contribution in [0.15, 0.2) is 29.6 Å². The smallest absolute Gasteiger partial charge is 0.238 e. The number of hydrogen-bond acceptors (Lipinski definition) is 6. The second-order valence-electron chi connectivity index (χ2n) is 4.20. The summed E-state index contributed by atoms with van der Waals surface area (Å²) in [4.78, 5) is 15.0. The highest BCUT2D eigenvalue weighted by atomic mass is 32.2. The molecule has 0 bridgehead atoms. The molecule has 20 heavy (non-hydrogen) atoms. The highest BCUT2D eigenvalue weighted by Gasteiger charge is 2.15. The molecular weight excluding hydrogens is 298 g/mol. The van der Waals surface area contributed by atoms with E-state index in [4.69, 9.17) is 5.73 Å². The molecule has 1 heterocycles. The van der Waals surface area contributed by atoms with E-state index >= 15 is 0 Å². The Hall–Kier alpha value is -1.93. The summed E-state index contributed by atoms with van der Waals surface area (Å²) >= 11 is 1.07. The second-order valence-corrected chi connectivity index (χ2v) is 6.78. The van der Waals surface area contributed by atoms with E-state index in [1.54, 1.807) is 24.3 Å². The number of sulfonamides is 1. The number of carbonyl (C=O) groups excluding carboxylic acids is 1. The van der Waals surface area contributed by atoms with Crippen molar-refractivity contribution in [2.75, 3.05) is 10.5 Å². The van der Waals surface area contributed by atoms with Gasteiger partial charge in [0.05, 0.1) is 5.75 Å². The van der Waals surface area contributed by atoms with Gasteiger partial charge in [0.25, 0.3) is 0 Å². The van der Waals surface area contributed by atoms with Crippen LogP contribution in [0.2, 0.25) is 0 Å². The SMILES string of the molecule is CC(=O)c1csc(NS(=O)(=O)Cc2cccc(N)c2)n1. The van der Waals surface area contributed by atoms with Crippen molar-refractivity contribution >= 4 is 38.0 Å². The van der Waals surface area contributed by atoms with E-state index in [0.717, 1.165) is 11.3 Å². The first kappa shape index (κ1) is 14.5. The molecule has 6 nitrogen and oxygen atoms in total. The Bertz CT molecular complexity index is 738. The van der Waals surface area contributed by atoms with E-state index in [-0.39, 0.29) is 22.4 Å². The number of benzene rings is 1. The molecule has 8 heteroatoms. The van der Waals surface area contributed by atoms with Crippen LogP contribution in [0.25, 0.3) is 0 Å². The van der Waals surface area contributed by atoms with Gasteiger partial charge in [-0.1, -0.05) is 12.1 Å². The lowest BCUT2D eigenvalue weighted by Gasteiger charge is -2.05. The van der Waals surface area contributed by atoms with Crippen LogP contribution in [-0.2, 0) is 15.8 Å². The number of ketones is 1. The number of nitrogens with one attached hydrogen (secondary N) is 1. The molecule has 0 saturated heterocycles. The largest absolute Gasteiger partial charge is 0.399 e. The molecule has 0 unspecified atom stereocenters. The molecule has 2 rings (SSSR count). The number of rotatable bonds is 5. The Morgan fingerprint density at radius 2 is 2.20 bits per heavy atom. The second kappa shape index (κ2) is 5.59. The van der Waals surface area contributed by atoms with Crippen molar-refractivity contribution in [2.24, 2.45) is 0 Å². The maximum Gasteiger partial charge on any atom is 0.238 e. The zero-order valence-corrected chi connectivity index (χ0v) is 12.3. The summed E-state index contributed by atoms with van der Waals surface area (Å²) in [5, 5.41) is 1.69. The molecule has 0 fully saturated rings. The first-order valence-electron chi connectivity index (χ1n) is 5.67. The first-order chi connectivity index (χ1) is 9.35. The maximum absolute atomic E-state index is 12.0. The molecule has 0 aliphatic rings. The number of carbonyl (C=O) groups is 1. The van der Waals surface area contributed by atoms with Crippen molar-refractivity contribution in [2.45, 2.75) is 12.7 Å². The fourth-order valence-electron chi connectivity index (χ4n) is 1.55. The number of thiazole rings is 1. The fraction of sp³-hybridized carbons (Fsp3) is 0.167. The first-order valence-corrected chi connectivity index (χ1v) is 8.20. The summed E-state index contributed by atoms with van der Waals surface area (Å²) in [6, 6.07) is 6.65. The van der Waals surface area contributed by atoms with Crippen molar-refractivity contribution < 1.29 is 13.2 Å². The topological polar surface area (TPSA) is 102 Å². The van der Waals surface area contributed by atoms with Crippen LogP contribution < -0.4 is 10.5 Å². The van der Waals surface area contributed by atoms with E-state index < -0.39 is 10.0 Å². The van der Waals surface area contributed by atoms with Crippen LogP contribution in [0, 0.1) is 0 Å². The predicted octanol–water partition coefficient (Wildman–Crippen LogP) is 1.87. The highest BCUT2D eigenvalue weighted by Crippen LogP contribution is 2.19. The van der Waals surface area contributed by atoms with Gasteiger partial charge in [-0.2, -0.15) is 0 Å². The third kappa shape index (κ3) is 3.78. The Kier molecular flexibility index (Phi) is 4.05. The minimum absolute atomic E-state index is 0.180. The molecule has 2 aromatic rings. The zero-order valence-electron chi connectivity index (χ0n) is 10.7. The number of nitrogen functional groups attached to an aromatic ring is 1. The molecule has 1 aromatic heterocycles. The maximum atomic E-state index is 12.0. The summed E-state index contributed by atoms with van der Waals surface area (Å²) in [5.74, 6) is -0.407. The molecule has 1 aromatic carbocycles. The van der Waals surface area contributed by atoms with E-state index in [2.05, 4.69) is 9.71 Å². The van der Waals surface area contributed by atoms with Gasteiger partial charge in [-0.25, -0.2) is 13.4 Å². The van der Waals surface area contributed by atoms with Gasteiger partial charge in [-0.15, -0.1) is 11.3 Å².